The van der Waals surface area contributed by atoms with Crippen LogP contribution < -0.4 is 51.4 Å². The molecule has 3 heteroatoms. The summed E-state index contributed by atoms with van der Waals surface area (Å²) in [4.78, 5) is 22.1. The summed E-state index contributed by atoms with van der Waals surface area (Å²) in [5.74, 6) is 1.80. The molecule has 0 spiro atoms. The normalized spacial score (nSPS) is 15.0. The summed E-state index contributed by atoms with van der Waals surface area (Å²) >= 11 is 0. The first-order valence-electron chi connectivity index (χ1n) is 13.4. The van der Waals surface area contributed by atoms with Crippen LogP contribution in [0.2, 0.25) is 0 Å². The molecule has 2 nitrogen and oxygen atoms in total. The fourth-order valence-electron chi connectivity index (χ4n) is 3.95. The van der Waals surface area contributed by atoms with Gasteiger partial charge in [-0.25, -0.2) is 0 Å². The Balaban J connectivity index is 0. The van der Waals surface area contributed by atoms with Gasteiger partial charge in [-0.3, -0.25) is 4.79 Å². The molecule has 1 aliphatic rings. The van der Waals surface area contributed by atoms with Gasteiger partial charge in [0, 0.05) is 12.8 Å². The van der Waals surface area contributed by atoms with Crippen LogP contribution in [0.5, 0.6) is 0 Å². The number of hydrogen-bond donors (Lipinski definition) is 0. The Morgan fingerprint density at radius 2 is 1.73 bits per heavy atom. The van der Waals surface area contributed by atoms with E-state index >= 15 is 0 Å². The van der Waals surface area contributed by atoms with Gasteiger partial charge in [0.05, 0.1) is 5.78 Å². The zero-order valence-electron chi connectivity index (χ0n) is 25.0. The van der Waals surface area contributed by atoms with Gasteiger partial charge in [-0.2, -0.15) is 11.5 Å². The van der Waals surface area contributed by atoms with E-state index in [-0.39, 0.29) is 57.2 Å². The minimum absolute atomic E-state index is 0. The van der Waals surface area contributed by atoms with Crippen molar-refractivity contribution in [2.24, 2.45) is 5.92 Å². The summed E-state index contributed by atoms with van der Waals surface area (Å²) in [5, 5.41) is 0. The number of hydrogen-bond acceptors (Lipinski definition) is 2. The molecule has 2 unspecified atom stereocenters. The van der Waals surface area contributed by atoms with Crippen LogP contribution in [0.25, 0.3) is 0 Å². The Morgan fingerprint density at radius 3 is 2.19 bits per heavy atom. The second-order valence-electron chi connectivity index (χ2n) is 9.72. The largest absolute Gasteiger partial charge is 1.00 e. The molecule has 0 saturated heterocycles. The molecule has 0 amide bonds. The van der Waals surface area contributed by atoms with Crippen LogP contribution in [-0.4, -0.2) is 11.6 Å². The Morgan fingerprint density at radius 1 is 1.14 bits per heavy atom. The molecular formula is C34H49KO2-2. The van der Waals surface area contributed by atoms with Gasteiger partial charge < -0.3 is 18.6 Å². The SMILES string of the molecule is C=C/C=C\C([C-]=CC(C)=O)=C(C)C.CC.[CH2-]C(C)CCc1cc(C2CCC(=O)CC2)ccc1C([CH2-])C.[K+]. The Labute approximate surface area is 271 Å². The molecule has 1 fully saturated rings. The molecule has 1 saturated carbocycles. The summed E-state index contributed by atoms with van der Waals surface area (Å²) in [7, 11) is 0. The average molecular weight is 529 g/mol. The van der Waals surface area contributed by atoms with Gasteiger partial charge in [-0.05, 0) is 43.2 Å². The van der Waals surface area contributed by atoms with Crippen LogP contribution in [0.1, 0.15) is 109 Å². The van der Waals surface area contributed by atoms with Crippen LogP contribution in [0.15, 0.2) is 60.2 Å². The van der Waals surface area contributed by atoms with Crippen molar-refractivity contribution in [3.63, 3.8) is 0 Å². The molecule has 1 aromatic carbocycles. The summed E-state index contributed by atoms with van der Waals surface area (Å²) in [6, 6.07) is 6.89. The number of benzene rings is 1. The van der Waals surface area contributed by atoms with Crippen molar-refractivity contribution in [1.29, 1.82) is 0 Å². The number of allylic oxidation sites excluding steroid dienone is 7. The first-order valence-corrected chi connectivity index (χ1v) is 13.4. The van der Waals surface area contributed by atoms with Gasteiger partial charge in [0.2, 0.25) is 0 Å². The van der Waals surface area contributed by atoms with Crippen molar-refractivity contribution in [3.05, 3.63) is 96.8 Å². The van der Waals surface area contributed by atoms with E-state index in [1.54, 1.807) is 6.08 Å². The molecule has 200 valence electrons. The average Bonchev–Trinajstić information content (AvgIpc) is 2.84. The standard InChI is InChI=1S/C20H28O.C12H15O.C2H6.K/c1-14(2)5-6-18-13-17(9-12-20(18)15(3)4)16-7-10-19(21)11-8-16;1-5-6-7-12(10(2)3)9-8-11(4)13;1-2;/h9,12-16H,1,3,5-8,10-11H2,2,4H3;5-8H,1H2,2-4H3;1-2H3;/q-2;-1;;+1/b;7-6-;;. The van der Waals surface area contributed by atoms with Crippen LogP contribution in [-0.2, 0) is 16.0 Å². The number of rotatable bonds is 9. The third-order valence-corrected chi connectivity index (χ3v) is 5.99. The van der Waals surface area contributed by atoms with Crippen LogP contribution in [0.3, 0.4) is 0 Å². The van der Waals surface area contributed by atoms with E-state index < -0.39 is 0 Å². The topological polar surface area (TPSA) is 34.1 Å². The molecule has 0 aliphatic heterocycles. The molecule has 1 aromatic rings. The number of carbonyl (C=O) groups is 2. The van der Waals surface area contributed by atoms with Gasteiger partial charge in [0.25, 0.3) is 0 Å². The first-order chi connectivity index (χ1) is 17.0. The summed E-state index contributed by atoms with van der Waals surface area (Å²) < 4.78 is 0. The third kappa shape index (κ3) is 16.7. The fraction of sp³-hybridized carbons (Fsp3) is 0.471. The molecule has 2 rings (SSSR count). The second-order valence-corrected chi connectivity index (χ2v) is 9.72. The van der Waals surface area contributed by atoms with Gasteiger partial charge in [-0.1, -0.05) is 84.4 Å². The maximum atomic E-state index is 11.4. The van der Waals surface area contributed by atoms with Crippen molar-refractivity contribution < 1.29 is 61.0 Å². The van der Waals surface area contributed by atoms with E-state index in [0.717, 1.165) is 49.7 Å². The van der Waals surface area contributed by atoms with Crippen LogP contribution in [0, 0.1) is 25.8 Å². The van der Waals surface area contributed by atoms with E-state index in [0.29, 0.717) is 23.5 Å². The molecular weight excluding hydrogens is 479 g/mol. The van der Waals surface area contributed by atoms with Gasteiger partial charge in [-0.15, -0.1) is 35.8 Å². The molecule has 0 bridgehead atoms. The zero-order chi connectivity index (χ0) is 27.7. The van der Waals surface area contributed by atoms with Crippen LogP contribution in [0.4, 0.5) is 0 Å². The molecule has 0 aromatic heterocycles. The van der Waals surface area contributed by atoms with Gasteiger partial charge >= 0.3 is 51.4 Å². The van der Waals surface area contributed by atoms with E-state index in [1.807, 2.05) is 39.8 Å². The molecule has 0 N–H and O–H groups in total. The number of aryl methyl sites for hydroxylation is 1. The van der Waals surface area contributed by atoms with E-state index in [9.17, 15) is 9.59 Å². The van der Waals surface area contributed by atoms with E-state index in [2.05, 4.69) is 58.5 Å². The minimum Gasteiger partial charge on any atom is -0.352 e. The van der Waals surface area contributed by atoms with Gasteiger partial charge in [0.15, 0.2) is 0 Å². The first kappa shape index (κ1) is 38.3. The number of carbonyl (C=O) groups excluding carboxylic acids is 2. The van der Waals surface area contributed by atoms with Gasteiger partial charge in [0.1, 0.15) is 5.78 Å². The number of Topliss-reactive ketones (excluding diaryl/α,β-unsaturated/α-hetero) is 1. The van der Waals surface area contributed by atoms with Crippen molar-refractivity contribution in [3.8, 4) is 0 Å². The number of ketones is 2. The summed E-state index contributed by atoms with van der Waals surface area (Å²) in [5.41, 5.74) is 6.26. The molecule has 1 aliphatic carbocycles. The third-order valence-electron chi connectivity index (χ3n) is 5.99. The summed E-state index contributed by atoms with van der Waals surface area (Å²) in [6.07, 6.45) is 15.5. The quantitative estimate of drug-likeness (QED) is 0.163. The van der Waals surface area contributed by atoms with E-state index in [1.165, 1.54) is 29.7 Å². The van der Waals surface area contributed by atoms with Crippen molar-refractivity contribution in [1.82, 2.24) is 0 Å². The maximum Gasteiger partial charge on any atom is 1.00 e. The van der Waals surface area contributed by atoms with Crippen LogP contribution >= 0.6 is 0 Å². The maximum absolute atomic E-state index is 11.4. The molecule has 0 radical (unpaired) electrons. The second kappa shape index (κ2) is 22.0. The zero-order valence-corrected chi connectivity index (χ0v) is 28.1. The molecule has 0 heterocycles. The predicted molar refractivity (Wildman–Crippen MR) is 157 cm³/mol. The monoisotopic (exact) mass is 528 g/mol. The Kier molecular flexibility index (Phi) is 22.8. The molecule has 37 heavy (non-hydrogen) atoms. The van der Waals surface area contributed by atoms with E-state index in [4.69, 9.17) is 0 Å². The fourth-order valence-corrected chi connectivity index (χ4v) is 3.95. The van der Waals surface area contributed by atoms with Crippen molar-refractivity contribution in [2.75, 3.05) is 0 Å². The van der Waals surface area contributed by atoms with Crippen molar-refractivity contribution >= 4 is 11.6 Å². The van der Waals surface area contributed by atoms with Crippen molar-refractivity contribution in [2.45, 2.75) is 98.8 Å². The summed E-state index contributed by atoms with van der Waals surface area (Å²) in [6.45, 7) is 25.6. The molecule has 2 atom stereocenters. The Hall–Kier alpha value is -0.844. The Bertz CT molecular complexity index is 902. The predicted octanol–water partition coefficient (Wildman–Crippen LogP) is 6.30. The smallest absolute Gasteiger partial charge is 0.352 e. The minimum atomic E-state index is 0.